The van der Waals surface area contributed by atoms with Gasteiger partial charge in [0.05, 0.1) is 23.4 Å². The molecule has 1 aliphatic heterocycles. The number of rotatable bonds is 6. The fourth-order valence-corrected chi connectivity index (χ4v) is 5.34. The van der Waals surface area contributed by atoms with Crippen LogP contribution in [0.1, 0.15) is 42.9 Å². The van der Waals surface area contributed by atoms with E-state index in [0.29, 0.717) is 28.4 Å². The minimum absolute atomic E-state index is 0.309. The third-order valence-electron chi connectivity index (χ3n) is 5.45. The molecule has 3 aromatic rings. The minimum atomic E-state index is -0.672. The number of fused-ring (bicyclic) bond motifs is 1. The van der Waals surface area contributed by atoms with Crippen molar-refractivity contribution in [2.24, 2.45) is 0 Å². The van der Waals surface area contributed by atoms with Crippen LogP contribution < -0.4 is 10.1 Å². The monoisotopic (exact) mass is 471 g/mol. The van der Waals surface area contributed by atoms with Gasteiger partial charge in [-0.1, -0.05) is 23.7 Å². The predicted octanol–water partition coefficient (Wildman–Crippen LogP) is 7.09. The van der Waals surface area contributed by atoms with E-state index in [9.17, 15) is 9.18 Å². The van der Waals surface area contributed by atoms with Crippen LogP contribution in [0, 0.1) is 5.82 Å². The summed E-state index contributed by atoms with van der Waals surface area (Å²) in [7, 11) is 1.49. The van der Waals surface area contributed by atoms with E-state index < -0.39 is 11.9 Å². The van der Waals surface area contributed by atoms with Gasteiger partial charge in [0.25, 0.3) is 6.47 Å². The summed E-state index contributed by atoms with van der Waals surface area (Å²) in [6.45, 7) is 6.59. The second kappa shape index (κ2) is 8.60. The number of hydrogen-bond donors (Lipinski definition) is 1. The zero-order chi connectivity index (χ0) is 23.0. The molecular weight excluding hydrogens is 449 g/mol. The maximum atomic E-state index is 14.0. The molecule has 2 heterocycles. The van der Waals surface area contributed by atoms with Crippen molar-refractivity contribution in [1.82, 2.24) is 0 Å². The maximum Gasteiger partial charge on any atom is 0.294 e. The number of benzene rings is 2. The Hall–Kier alpha value is -2.83. The van der Waals surface area contributed by atoms with Crippen LogP contribution in [0.2, 0.25) is 5.02 Å². The van der Waals surface area contributed by atoms with Crippen LogP contribution in [0.25, 0.3) is 16.7 Å². The number of hydrogen-bond acceptors (Lipinski definition) is 5. The van der Waals surface area contributed by atoms with E-state index in [-0.39, 0.29) is 5.54 Å². The smallest absolute Gasteiger partial charge is 0.294 e. The first-order chi connectivity index (χ1) is 15.3. The van der Waals surface area contributed by atoms with Crippen LogP contribution in [0.15, 0.2) is 47.9 Å². The molecule has 0 bridgehead atoms. The molecule has 1 atom stereocenters. The molecule has 1 unspecified atom stereocenters. The minimum Gasteiger partial charge on any atom is -0.496 e. The molecule has 0 saturated heterocycles. The molecule has 0 aliphatic carbocycles. The number of allylic oxidation sites excluding steroid dienone is 1. The Bertz CT molecular complexity index is 1200. The Labute approximate surface area is 195 Å². The van der Waals surface area contributed by atoms with Crippen LogP contribution in [0.3, 0.4) is 0 Å². The molecule has 0 saturated carbocycles. The van der Waals surface area contributed by atoms with Crippen LogP contribution in [0.5, 0.6) is 5.75 Å². The molecule has 1 aromatic heterocycles. The molecule has 166 valence electrons. The lowest BCUT2D eigenvalue weighted by atomic mass is 9.82. The SMILES string of the molecule is COc1cc(F)ccc1-c1cc(Cl)c2c(c1C(OC=O)c1cccs1)C(C)=CC(C)(C)N2. The lowest BCUT2D eigenvalue weighted by molar-refractivity contribution is -0.132. The highest BCUT2D eigenvalue weighted by Gasteiger charge is 2.33. The van der Waals surface area contributed by atoms with Gasteiger partial charge in [-0.05, 0) is 61.6 Å². The topological polar surface area (TPSA) is 47.6 Å². The molecule has 0 spiro atoms. The van der Waals surface area contributed by atoms with Gasteiger partial charge < -0.3 is 14.8 Å². The molecule has 0 fully saturated rings. The number of nitrogens with one attached hydrogen (secondary N) is 1. The molecule has 32 heavy (non-hydrogen) atoms. The van der Waals surface area contributed by atoms with Gasteiger partial charge in [-0.15, -0.1) is 11.3 Å². The number of carbonyl (C=O) groups is 1. The average molecular weight is 472 g/mol. The number of thiophene rings is 1. The van der Waals surface area contributed by atoms with Gasteiger partial charge >= 0.3 is 0 Å². The average Bonchev–Trinajstić information content (AvgIpc) is 3.26. The fraction of sp³-hybridized carbons (Fsp3) is 0.240. The van der Waals surface area contributed by atoms with Crippen LogP contribution in [-0.2, 0) is 9.53 Å². The van der Waals surface area contributed by atoms with Crippen molar-refractivity contribution in [2.45, 2.75) is 32.4 Å². The highest BCUT2D eigenvalue weighted by Crippen LogP contribution is 2.50. The summed E-state index contributed by atoms with van der Waals surface area (Å²) >= 11 is 8.27. The van der Waals surface area contributed by atoms with Gasteiger partial charge in [0.15, 0.2) is 6.10 Å². The highest BCUT2D eigenvalue weighted by atomic mass is 35.5. The van der Waals surface area contributed by atoms with E-state index in [2.05, 4.69) is 25.2 Å². The Morgan fingerprint density at radius 1 is 1.22 bits per heavy atom. The van der Waals surface area contributed by atoms with Gasteiger partial charge in [0, 0.05) is 27.6 Å². The van der Waals surface area contributed by atoms with Gasteiger partial charge in [0.2, 0.25) is 0 Å². The summed E-state index contributed by atoms with van der Waals surface area (Å²) in [5.41, 5.74) is 4.45. The van der Waals surface area contributed by atoms with E-state index in [0.717, 1.165) is 27.3 Å². The van der Waals surface area contributed by atoms with Crippen molar-refractivity contribution in [1.29, 1.82) is 0 Å². The third kappa shape index (κ3) is 4.00. The lowest BCUT2D eigenvalue weighted by Crippen LogP contribution is -2.32. The predicted molar refractivity (Wildman–Crippen MR) is 128 cm³/mol. The summed E-state index contributed by atoms with van der Waals surface area (Å²) < 4.78 is 25.1. The van der Waals surface area contributed by atoms with Crippen LogP contribution in [0.4, 0.5) is 10.1 Å². The first-order valence-electron chi connectivity index (χ1n) is 10.1. The quantitative estimate of drug-likeness (QED) is 0.390. The molecular formula is C25H23ClFNO3S. The number of ether oxygens (including phenoxy) is 2. The molecule has 0 amide bonds. The number of halogens is 2. The summed E-state index contributed by atoms with van der Waals surface area (Å²) in [5.74, 6) is -0.0429. The standard InChI is InChI=1S/C25H23ClFNO3S/c1-14-12-25(2,3)28-23-18(26)11-17(16-8-7-15(27)10-19(16)30-4)22(21(14)23)24(31-13-29)20-6-5-9-32-20/h5-13,24,28H,1-4H3. The Balaban J connectivity index is 2.11. The zero-order valence-electron chi connectivity index (χ0n) is 18.2. The summed E-state index contributed by atoms with van der Waals surface area (Å²) in [4.78, 5) is 12.4. The normalized spacial score (nSPS) is 15.2. The van der Waals surface area contributed by atoms with Gasteiger partial charge in [-0.2, -0.15) is 0 Å². The molecule has 1 N–H and O–H groups in total. The summed E-state index contributed by atoms with van der Waals surface area (Å²) in [5, 5.41) is 5.94. The Kier molecular flexibility index (Phi) is 6.01. The Morgan fingerprint density at radius 2 is 2.00 bits per heavy atom. The second-order valence-electron chi connectivity index (χ2n) is 8.22. The van der Waals surface area contributed by atoms with E-state index >= 15 is 0 Å². The van der Waals surface area contributed by atoms with Crippen molar-refractivity contribution in [2.75, 3.05) is 12.4 Å². The van der Waals surface area contributed by atoms with Gasteiger partial charge in [-0.25, -0.2) is 4.39 Å². The van der Waals surface area contributed by atoms with Gasteiger partial charge in [-0.3, -0.25) is 4.79 Å². The first kappa shape index (κ1) is 22.4. The Morgan fingerprint density at radius 3 is 2.66 bits per heavy atom. The largest absolute Gasteiger partial charge is 0.496 e. The fourth-order valence-electron chi connectivity index (χ4n) is 4.32. The van der Waals surface area contributed by atoms with Crippen molar-refractivity contribution in [3.8, 4) is 16.9 Å². The molecule has 7 heteroatoms. The molecule has 4 nitrogen and oxygen atoms in total. The van der Waals surface area contributed by atoms with Crippen LogP contribution >= 0.6 is 22.9 Å². The van der Waals surface area contributed by atoms with Crippen molar-refractivity contribution >= 4 is 40.7 Å². The highest BCUT2D eigenvalue weighted by molar-refractivity contribution is 7.10. The second-order valence-corrected chi connectivity index (χ2v) is 9.60. The van der Waals surface area contributed by atoms with E-state index in [4.69, 9.17) is 21.1 Å². The molecule has 4 rings (SSSR count). The lowest BCUT2D eigenvalue weighted by Gasteiger charge is -2.35. The van der Waals surface area contributed by atoms with Crippen molar-refractivity contribution < 1.29 is 18.7 Å². The number of methoxy groups -OCH3 is 1. The number of anilines is 1. The summed E-state index contributed by atoms with van der Waals surface area (Å²) in [6, 6.07) is 10.0. The first-order valence-corrected chi connectivity index (χ1v) is 11.3. The zero-order valence-corrected chi connectivity index (χ0v) is 19.7. The molecule has 1 aliphatic rings. The van der Waals surface area contributed by atoms with E-state index in [1.807, 2.05) is 30.5 Å². The van der Waals surface area contributed by atoms with E-state index in [1.54, 1.807) is 6.07 Å². The molecule has 0 radical (unpaired) electrons. The van der Waals surface area contributed by atoms with Crippen LogP contribution in [-0.4, -0.2) is 19.1 Å². The van der Waals surface area contributed by atoms with E-state index in [1.165, 1.54) is 30.6 Å². The third-order valence-corrected chi connectivity index (χ3v) is 6.66. The summed E-state index contributed by atoms with van der Waals surface area (Å²) in [6.07, 6.45) is 1.45. The van der Waals surface area contributed by atoms with Gasteiger partial charge in [0.1, 0.15) is 11.6 Å². The van der Waals surface area contributed by atoms with Crippen molar-refractivity contribution in [3.05, 3.63) is 74.7 Å². The maximum absolute atomic E-state index is 14.0. The van der Waals surface area contributed by atoms with Crippen molar-refractivity contribution in [3.63, 3.8) is 0 Å². The number of carbonyl (C=O) groups excluding carboxylic acids is 1. The molecule has 2 aromatic carbocycles.